The van der Waals surface area contributed by atoms with E-state index in [4.69, 9.17) is 0 Å². The molecular weight excluding hydrogens is 172 g/mol. The summed E-state index contributed by atoms with van der Waals surface area (Å²) in [5, 5.41) is 4.75. The van der Waals surface area contributed by atoms with Crippen LogP contribution in [-0.2, 0) is 10.5 Å². The van der Waals surface area contributed by atoms with Gasteiger partial charge < -0.3 is 0 Å². The SMILES string of the molecule is O=[C]C(N=O)(N=O)c1ccccc1. The Balaban J connectivity index is 3.23. The van der Waals surface area contributed by atoms with Crippen LogP contribution in [-0.4, -0.2) is 6.29 Å². The molecule has 1 radical (unpaired) electrons. The molecule has 0 aliphatic carbocycles. The van der Waals surface area contributed by atoms with Gasteiger partial charge in [-0.1, -0.05) is 30.3 Å². The quantitative estimate of drug-likeness (QED) is 0.653. The van der Waals surface area contributed by atoms with Crippen molar-refractivity contribution in [1.82, 2.24) is 0 Å². The fourth-order valence-corrected chi connectivity index (χ4v) is 0.889. The number of nitrogens with zero attached hydrogens (tertiary/aromatic N) is 2. The van der Waals surface area contributed by atoms with Crippen LogP contribution in [0.15, 0.2) is 40.7 Å². The molecule has 0 aromatic heterocycles. The van der Waals surface area contributed by atoms with Gasteiger partial charge in [-0.05, 0) is 10.4 Å². The van der Waals surface area contributed by atoms with Gasteiger partial charge in [-0.2, -0.15) is 0 Å². The van der Waals surface area contributed by atoms with Crippen LogP contribution in [0.4, 0.5) is 0 Å². The lowest BCUT2D eigenvalue weighted by Gasteiger charge is -2.08. The highest BCUT2D eigenvalue weighted by Gasteiger charge is 2.36. The van der Waals surface area contributed by atoms with Gasteiger partial charge in [-0.3, -0.25) is 4.79 Å². The number of hydrogen-bond donors (Lipinski definition) is 0. The van der Waals surface area contributed by atoms with Crippen molar-refractivity contribution in [2.45, 2.75) is 5.66 Å². The molecule has 13 heavy (non-hydrogen) atoms. The molecule has 0 fully saturated rings. The summed E-state index contributed by atoms with van der Waals surface area (Å²) in [7, 11) is 0. The van der Waals surface area contributed by atoms with Crippen LogP contribution >= 0.6 is 0 Å². The van der Waals surface area contributed by atoms with E-state index < -0.39 is 5.66 Å². The Bertz CT molecular complexity index is 302. The summed E-state index contributed by atoms with van der Waals surface area (Å²) in [6.07, 6.45) is 1.22. The number of rotatable bonds is 4. The molecule has 1 aromatic rings. The second-order valence-corrected chi connectivity index (χ2v) is 2.32. The summed E-state index contributed by atoms with van der Waals surface area (Å²) in [5.74, 6) is 0. The summed E-state index contributed by atoms with van der Waals surface area (Å²) < 4.78 is 0. The van der Waals surface area contributed by atoms with Crippen molar-refractivity contribution < 1.29 is 4.79 Å². The van der Waals surface area contributed by atoms with Gasteiger partial charge in [0, 0.05) is 5.56 Å². The highest BCUT2D eigenvalue weighted by atomic mass is 16.3. The Hall–Kier alpha value is -1.91. The van der Waals surface area contributed by atoms with Gasteiger partial charge in [0.2, 0.25) is 0 Å². The first-order chi connectivity index (χ1) is 6.29. The summed E-state index contributed by atoms with van der Waals surface area (Å²) >= 11 is 0. The van der Waals surface area contributed by atoms with E-state index in [1.54, 1.807) is 18.2 Å². The third-order valence-corrected chi connectivity index (χ3v) is 1.58. The average Bonchev–Trinajstić information content (AvgIpc) is 2.23. The summed E-state index contributed by atoms with van der Waals surface area (Å²) in [5.41, 5.74) is -2.13. The lowest BCUT2D eigenvalue weighted by Crippen LogP contribution is -2.21. The van der Waals surface area contributed by atoms with E-state index in [1.807, 2.05) is 0 Å². The maximum atomic E-state index is 10.4. The Labute approximate surface area is 73.7 Å². The van der Waals surface area contributed by atoms with Crippen molar-refractivity contribution in [3.63, 3.8) is 0 Å². The van der Waals surface area contributed by atoms with Gasteiger partial charge in [-0.15, -0.1) is 9.81 Å². The molecule has 0 heterocycles. The van der Waals surface area contributed by atoms with Crippen LogP contribution in [0.5, 0.6) is 0 Å². The molecule has 1 aromatic carbocycles. The molecule has 0 saturated heterocycles. The molecule has 5 heteroatoms. The minimum atomic E-state index is -2.25. The molecule has 65 valence electrons. The Morgan fingerprint density at radius 2 is 1.62 bits per heavy atom. The highest BCUT2D eigenvalue weighted by Crippen LogP contribution is 2.24. The average molecular weight is 177 g/mol. The van der Waals surface area contributed by atoms with E-state index in [9.17, 15) is 14.6 Å². The minimum Gasteiger partial charge on any atom is -0.285 e. The Morgan fingerprint density at radius 3 is 2.00 bits per heavy atom. The van der Waals surface area contributed by atoms with E-state index in [2.05, 4.69) is 10.4 Å². The Kier molecular flexibility index (Phi) is 2.59. The number of benzene rings is 1. The monoisotopic (exact) mass is 177 g/mol. The first-order valence-corrected chi connectivity index (χ1v) is 3.43. The molecule has 0 N–H and O–H groups in total. The second-order valence-electron chi connectivity index (χ2n) is 2.32. The molecule has 1 rings (SSSR count). The smallest absolute Gasteiger partial charge is 0.285 e. The molecule has 0 atom stereocenters. The zero-order valence-electron chi connectivity index (χ0n) is 6.51. The van der Waals surface area contributed by atoms with E-state index >= 15 is 0 Å². The van der Waals surface area contributed by atoms with Gasteiger partial charge in [0.15, 0.2) is 0 Å². The number of hydrogen-bond acceptors (Lipinski definition) is 5. The molecule has 0 bridgehead atoms. The predicted octanol–water partition coefficient (Wildman–Crippen LogP) is 1.48. The molecule has 0 amide bonds. The van der Waals surface area contributed by atoms with Gasteiger partial charge in [-0.25, -0.2) is 0 Å². The minimum absolute atomic E-state index is 0.120. The van der Waals surface area contributed by atoms with Gasteiger partial charge in [0.25, 0.3) is 6.29 Å². The third-order valence-electron chi connectivity index (χ3n) is 1.58. The lowest BCUT2D eigenvalue weighted by atomic mass is 10.0. The molecule has 5 nitrogen and oxygen atoms in total. The maximum absolute atomic E-state index is 10.4. The van der Waals surface area contributed by atoms with E-state index in [0.29, 0.717) is 0 Å². The van der Waals surface area contributed by atoms with Crippen molar-refractivity contribution in [2.75, 3.05) is 0 Å². The lowest BCUT2D eigenvalue weighted by molar-refractivity contribution is 0.498. The fraction of sp³-hybridized carbons (Fsp3) is 0.125. The number of nitroso groups, excluding NO2 is 2. The maximum Gasteiger partial charge on any atom is 0.322 e. The summed E-state index contributed by atoms with van der Waals surface area (Å²) in [4.78, 5) is 30.9. The van der Waals surface area contributed by atoms with Crippen molar-refractivity contribution in [3.05, 3.63) is 45.7 Å². The zero-order chi connectivity index (χ0) is 9.73. The summed E-state index contributed by atoms with van der Waals surface area (Å²) in [6.45, 7) is 0. The Morgan fingerprint density at radius 1 is 1.08 bits per heavy atom. The topological polar surface area (TPSA) is 75.9 Å². The van der Waals surface area contributed by atoms with Crippen molar-refractivity contribution >= 4 is 6.29 Å². The van der Waals surface area contributed by atoms with E-state index in [0.717, 1.165) is 0 Å². The first-order valence-electron chi connectivity index (χ1n) is 3.43. The second kappa shape index (κ2) is 3.66. The zero-order valence-corrected chi connectivity index (χ0v) is 6.51. The first kappa shape index (κ1) is 9.18. The highest BCUT2D eigenvalue weighted by molar-refractivity contribution is 5.68. The molecule has 0 unspecified atom stereocenters. The number of carbonyl (C=O) groups excluding carboxylic acids is 1. The van der Waals surface area contributed by atoms with E-state index in [1.165, 1.54) is 18.4 Å². The molecule has 0 saturated carbocycles. The molecule has 0 aliphatic rings. The van der Waals surface area contributed by atoms with E-state index in [-0.39, 0.29) is 5.56 Å². The van der Waals surface area contributed by atoms with Crippen LogP contribution in [0, 0.1) is 9.81 Å². The molecular formula is C8H5N2O3. The molecule has 0 spiro atoms. The third kappa shape index (κ3) is 1.48. The van der Waals surface area contributed by atoms with Crippen molar-refractivity contribution in [2.24, 2.45) is 10.4 Å². The normalized spacial score (nSPS) is 10.5. The standard InChI is InChI=1S/C8H5N2O3/c11-6-8(9-12,10-13)7-4-2-1-3-5-7/h1-5H. The summed E-state index contributed by atoms with van der Waals surface area (Å²) in [6, 6.07) is 7.63. The van der Waals surface area contributed by atoms with Gasteiger partial charge in [0.1, 0.15) is 0 Å². The van der Waals surface area contributed by atoms with Gasteiger partial charge in [0.05, 0.1) is 0 Å². The van der Waals surface area contributed by atoms with Crippen LogP contribution in [0.25, 0.3) is 0 Å². The van der Waals surface area contributed by atoms with Gasteiger partial charge >= 0.3 is 5.66 Å². The van der Waals surface area contributed by atoms with Crippen LogP contribution in [0.2, 0.25) is 0 Å². The largest absolute Gasteiger partial charge is 0.322 e. The van der Waals surface area contributed by atoms with Crippen LogP contribution in [0.3, 0.4) is 0 Å². The van der Waals surface area contributed by atoms with Crippen LogP contribution in [0.1, 0.15) is 5.56 Å². The van der Waals surface area contributed by atoms with Crippen molar-refractivity contribution in [3.8, 4) is 0 Å². The predicted molar refractivity (Wildman–Crippen MR) is 45.4 cm³/mol. The van der Waals surface area contributed by atoms with Crippen molar-refractivity contribution in [1.29, 1.82) is 0 Å². The van der Waals surface area contributed by atoms with Crippen LogP contribution < -0.4 is 0 Å². The fourth-order valence-electron chi connectivity index (χ4n) is 0.889. The molecule has 0 aliphatic heterocycles.